The van der Waals surface area contributed by atoms with Crippen molar-refractivity contribution in [2.45, 2.75) is 132 Å². The molecule has 0 aromatic heterocycles. The summed E-state index contributed by atoms with van der Waals surface area (Å²) < 4.78 is 42.1. The first-order valence-corrected chi connectivity index (χ1v) is 19.6. The average molecular weight is 814 g/mol. The number of benzene rings is 2. The number of methoxy groups -OCH3 is 1. The molecule has 58 heavy (non-hydrogen) atoms. The van der Waals surface area contributed by atoms with Gasteiger partial charge in [0.15, 0.2) is 30.4 Å². The van der Waals surface area contributed by atoms with Crippen LogP contribution in [-0.4, -0.2) is 143 Å². The second-order valence-electron chi connectivity index (χ2n) is 16.0. The van der Waals surface area contributed by atoms with Gasteiger partial charge in [-0.3, -0.25) is 19.2 Å². The van der Waals surface area contributed by atoms with E-state index in [2.05, 4.69) is 0 Å². The number of aliphatic hydroxyl groups is 2. The van der Waals surface area contributed by atoms with E-state index >= 15 is 0 Å². The van der Waals surface area contributed by atoms with Gasteiger partial charge in [0.05, 0.1) is 54.3 Å². The van der Waals surface area contributed by atoms with Crippen LogP contribution in [0, 0.1) is 0 Å². The van der Waals surface area contributed by atoms with Crippen molar-refractivity contribution in [1.29, 1.82) is 0 Å². The molecule has 316 valence electrons. The van der Waals surface area contributed by atoms with Crippen molar-refractivity contribution >= 4 is 23.3 Å². The molecule has 17 nitrogen and oxygen atoms in total. The van der Waals surface area contributed by atoms with Gasteiger partial charge >= 0.3 is 5.97 Å². The molecule has 2 aromatic carbocycles. The van der Waals surface area contributed by atoms with E-state index in [1.165, 1.54) is 6.07 Å². The minimum absolute atomic E-state index is 0.000645. The number of ether oxygens (including phenoxy) is 7. The van der Waals surface area contributed by atoms with Crippen LogP contribution in [0.3, 0.4) is 0 Å². The van der Waals surface area contributed by atoms with Gasteiger partial charge in [-0.2, -0.15) is 0 Å². The van der Waals surface area contributed by atoms with E-state index in [-0.39, 0.29) is 60.8 Å². The first kappa shape index (κ1) is 42.1. The minimum Gasteiger partial charge on any atom is -0.507 e. The van der Waals surface area contributed by atoms with E-state index in [9.17, 15) is 44.7 Å². The molecule has 12 unspecified atom stereocenters. The molecule has 3 fully saturated rings. The molecule has 3 saturated heterocycles. The number of phenols is 3. The average Bonchev–Trinajstić information content (AvgIpc) is 3.17. The second kappa shape index (κ2) is 16.2. The number of fused-ring (bicyclic) bond motifs is 3. The molecule has 2 aliphatic carbocycles. The summed E-state index contributed by atoms with van der Waals surface area (Å²) in [6.07, 6.45) is -6.24. The lowest BCUT2D eigenvalue weighted by Gasteiger charge is -2.47. The third kappa shape index (κ3) is 7.41. The van der Waals surface area contributed by atoms with Gasteiger partial charge in [-0.25, -0.2) is 0 Å². The lowest BCUT2D eigenvalue weighted by atomic mass is 9.67. The molecule has 5 N–H and O–H groups in total. The van der Waals surface area contributed by atoms with Gasteiger partial charge in [-0.15, -0.1) is 0 Å². The summed E-state index contributed by atoms with van der Waals surface area (Å²) in [6, 6.07) is 3.02. The van der Waals surface area contributed by atoms with Crippen LogP contribution in [0.25, 0.3) is 0 Å². The topological polar surface area (TPSA) is 237 Å². The summed E-state index contributed by atoms with van der Waals surface area (Å²) in [6.45, 7) is 5.14. The number of carbonyl (C=O) groups excluding carboxylic acids is 4. The van der Waals surface area contributed by atoms with Crippen LogP contribution in [0.1, 0.15) is 114 Å². The van der Waals surface area contributed by atoms with Crippen LogP contribution < -0.4 is 0 Å². The molecular formula is C41H51NO16. The zero-order chi connectivity index (χ0) is 42.0. The molecule has 3 aliphatic heterocycles. The Morgan fingerprint density at radius 3 is 2.24 bits per heavy atom. The summed E-state index contributed by atoms with van der Waals surface area (Å²) in [5.74, 6) is -5.89. The highest BCUT2D eigenvalue weighted by Gasteiger charge is 2.53. The van der Waals surface area contributed by atoms with Crippen molar-refractivity contribution in [3.8, 4) is 17.2 Å². The summed E-state index contributed by atoms with van der Waals surface area (Å²) >= 11 is 0. The Morgan fingerprint density at radius 2 is 1.62 bits per heavy atom. The predicted octanol–water partition coefficient (Wildman–Crippen LogP) is 2.47. The Morgan fingerprint density at radius 1 is 0.931 bits per heavy atom. The number of aromatic hydroxyl groups is 3. The van der Waals surface area contributed by atoms with Crippen molar-refractivity contribution in [3.05, 3.63) is 51.6 Å². The molecule has 0 spiro atoms. The third-order valence-electron chi connectivity index (χ3n) is 12.2. The van der Waals surface area contributed by atoms with Gasteiger partial charge in [-0.05, 0) is 58.1 Å². The summed E-state index contributed by atoms with van der Waals surface area (Å²) in [5.41, 5.74) is -3.57. The van der Waals surface area contributed by atoms with Gasteiger partial charge in [0.25, 0.3) is 0 Å². The summed E-state index contributed by atoms with van der Waals surface area (Å²) in [5, 5.41) is 56.2. The normalized spacial score (nSPS) is 35.0. The molecule has 0 radical (unpaired) electrons. The van der Waals surface area contributed by atoms with E-state index in [0.717, 1.165) is 19.2 Å². The van der Waals surface area contributed by atoms with Gasteiger partial charge in [0, 0.05) is 49.3 Å². The number of hydrogen-bond donors (Lipinski definition) is 5. The second-order valence-corrected chi connectivity index (χ2v) is 16.0. The minimum atomic E-state index is -1.81. The van der Waals surface area contributed by atoms with Crippen molar-refractivity contribution in [2.24, 2.45) is 0 Å². The quantitative estimate of drug-likeness (QED) is 0.154. The molecule has 2 aromatic rings. The Bertz CT molecular complexity index is 1970. The molecular weight excluding hydrogens is 762 g/mol. The van der Waals surface area contributed by atoms with Crippen LogP contribution >= 0.6 is 0 Å². The fraction of sp³-hybridized carbons (Fsp3) is 0.610. The molecule has 3 heterocycles. The zero-order valence-electron chi connectivity index (χ0n) is 33.2. The smallest absolute Gasteiger partial charge is 0.316 e. The number of carbonyl (C=O) groups is 4. The maximum atomic E-state index is 13.9. The van der Waals surface area contributed by atoms with Gasteiger partial charge in [0.1, 0.15) is 41.5 Å². The van der Waals surface area contributed by atoms with Crippen LogP contribution in [0.15, 0.2) is 18.2 Å². The number of Topliss-reactive ketones (excluding diaryl/α,β-unsaturated/α-hetero) is 1. The zero-order valence-corrected chi connectivity index (χ0v) is 33.2. The van der Waals surface area contributed by atoms with E-state index in [0.29, 0.717) is 12.8 Å². The highest BCUT2D eigenvalue weighted by molar-refractivity contribution is 6.31. The van der Waals surface area contributed by atoms with E-state index in [1.807, 2.05) is 19.0 Å². The van der Waals surface area contributed by atoms with E-state index in [4.69, 9.17) is 33.2 Å². The Kier molecular flexibility index (Phi) is 11.8. The monoisotopic (exact) mass is 813 g/mol. The molecule has 0 bridgehead atoms. The first-order chi connectivity index (χ1) is 27.5. The van der Waals surface area contributed by atoms with Crippen LogP contribution in [-0.2, 0) is 42.7 Å². The highest BCUT2D eigenvalue weighted by atomic mass is 16.7. The van der Waals surface area contributed by atoms with Crippen molar-refractivity contribution in [2.75, 3.05) is 27.8 Å². The number of nitrogens with zero attached hydrogens (tertiary/aromatic N) is 1. The van der Waals surface area contributed by atoms with Crippen LogP contribution in [0.5, 0.6) is 17.2 Å². The van der Waals surface area contributed by atoms with Crippen molar-refractivity contribution < 1.29 is 77.9 Å². The summed E-state index contributed by atoms with van der Waals surface area (Å²) in [7, 11) is 4.85. The van der Waals surface area contributed by atoms with Crippen molar-refractivity contribution in [1.82, 2.24) is 4.90 Å². The lowest BCUT2D eigenvalue weighted by molar-refractivity contribution is -0.311. The maximum absolute atomic E-state index is 13.9. The fourth-order valence-corrected chi connectivity index (χ4v) is 9.00. The number of esters is 1. The van der Waals surface area contributed by atoms with Gasteiger partial charge in [0.2, 0.25) is 5.78 Å². The summed E-state index contributed by atoms with van der Waals surface area (Å²) in [4.78, 5) is 55.0. The predicted molar refractivity (Wildman–Crippen MR) is 198 cm³/mol. The molecule has 5 aliphatic rings. The largest absolute Gasteiger partial charge is 0.507 e. The SMILES string of the molecule is CCC1(O)CC(OC2CC(N(C)C)C(OC3CC(O)C(OC4CCC(=O)C(C)O4)CO3)C(C)O2)c2c(cc3c(c2O)C(=O)c2c(O)ccc(O)c2C3=O)C1C(=O)OC. The number of ketones is 3. The lowest BCUT2D eigenvalue weighted by Crippen LogP contribution is -2.57. The van der Waals surface area contributed by atoms with Crippen molar-refractivity contribution in [3.63, 3.8) is 0 Å². The standard InChI is InChI=1S/C41H51NO16/c1-7-41(51)15-26(31-19(35(41)40(50)52-6)12-20-32(37(31)48)38(49)34-24(45)9-8-23(44)33(34)36(20)47)56-30-13-21(42(4)5)39(18(3)55-30)58-29-14-25(46)27(16-53-29)57-28-11-10-22(43)17(2)54-28/h8-9,12,17-18,21,25-30,35,39,44-46,48,51H,7,10-11,13-16H2,1-6H3. The first-order valence-electron chi connectivity index (χ1n) is 19.6. The van der Waals surface area contributed by atoms with E-state index in [1.54, 1.807) is 20.8 Å². The Balaban J connectivity index is 1.14. The number of aliphatic hydroxyl groups excluding tert-OH is 1. The van der Waals surface area contributed by atoms with Gasteiger partial charge < -0.3 is 63.6 Å². The number of rotatable bonds is 9. The van der Waals surface area contributed by atoms with Gasteiger partial charge in [-0.1, -0.05) is 6.92 Å². The number of likely N-dealkylation sites (N-methyl/N-ethyl adjacent to an activating group) is 1. The van der Waals surface area contributed by atoms with Crippen LogP contribution in [0.4, 0.5) is 0 Å². The Hall–Kier alpha value is -4.04. The molecule has 12 atom stereocenters. The highest BCUT2D eigenvalue weighted by Crippen LogP contribution is 2.54. The number of phenolic OH excluding ortho intramolecular Hbond substituents is 3. The number of hydrogen-bond acceptors (Lipinski definition) is 17. The molecule has 17 heteroatoms. The molecule has 7 rings (SSSR count). The third-order valence-corrected chi connectivity index (χ3v) is 12.2. The van der Waals surface area contributed by atoms with Crippen LogP contribution in [0.2, 0.25) is 0 Å². The van der Waals surface area contributed by atoms with E-state index < -0.39 is 118 Å². The molecule has 0 saturated carbocycles. The fourth-order valence-electron chi connectivity index (χ4n) is 9.00. The molecule has 0 amide bonds. The maximum Gasteiger partial charge on any atom is 0.316 e. The Labute approximate surface area is 334 Å².